The lowest BCUT2D eigenvalue weighted by molar-refractivity contribution is 0.102. The average molecular weight is 414 g/mol. The van der Waals surface area contributed by atoms with Crippen LogP contribution >= 0.6 is 0 Å². The summed E-state index contributed by atoms with van der Waals surface area (Å²) in [6, 6.07) is 23.7. The SMILES string of the molecule is COc1ccc(-c2cc(N)n(-c3ccc(C(=O)Nc4ccccc4OC)cc3)n2)cc1. The minimum Gasteiger partial charge on any atom is -0.497 e. The van der Waals surface area contributed by atoms with Gasteiger partial charge in [0, 0.05) is 17.2 Å². The van der Waals surface area contributed by atoms with E-state index in [1.807, 2.05) is 42.5 Å². The number of hydrogen-bond acceptors (Lipinski definition) is 5. The van der Waals surface area contributed by atoms with Crippen LogP contribution in [-0.4, -0.2) is 29.9 Å². The Bertz CT molecular complexity index is 1200. The molecule has 0 atom stereocenters. The van der Waals surface area contributed by atoms with E-state index < -0.39 is 0 Å². The van der Waals surface area contributed by atoms with Gasteiger partial charge in [-0.25, -0.2) is 4.68 Å². The van der Waals surface area contributed by atoms with Gasteiger partial charge >= 0.3 is 0 Å². The molecule has 0 saturated carbocycles. The minimum atomic E-state index is -0.233. The molecule has 7 nitrogen and oxygen atoms in total. The van der Waals surface area contributed by atoms with Gasteiger partial charge in [-0.15, -0.1) is 0 Å². The molecule has 0 aliphatic rings. The number of rotatable bonds is 6. The van der Waals surface area contributed by atoms with Gasteiger partial charge in [0.1, 0.15) is 17.3 Å². The van der Waals surface area contributed by atoms with Crippen molar-refractivity contribution in [1.82, 2.24) is 9.78 Å². The highest BCUT2D eigenvalue weighted by atomic mass is 16.5. The summed E-state index contributed by atoms with van der Waals surface area (Å²) in [7, 11) is 3.19. The van der Waals surface area contributed by atoms with Crippen molar-refractivity contribution in [1.29, 1.82) is 0 Å². The normalized spacial score (nSPS) is 10.5. The van der Waals surface area contributed by atoms with Crippen molar-refractivity contribution in [3.05, 3.63) is 84.4 Å². The fraction of sp³-hybridized carbons (Fsp3) is 0.0833. The molecular weight excluding hydrogens is 392 g/mol. The number of amides is 1. The number of aromatic nitrogens is 2. The highest BCUT2D eigenvalue weighted by Gasteiger charge is 2.12. The molecule has 0 saturated heterocycles. The number of nitrogen functional groups attached to an aromatic ring is 1. The van der Waals surface area contributed by atoms with Crippen molar-refractivity contribution in [2.24, 2.45) is 0 Å². The Kier molecular flexibility index (Phi) is 5.57. The molecule has 3 N–H and O–H groups in total. The van der Waals surface area contributed by atoms with Crippen LogP contribution in [0.2, 0.25) is 0 Å². The predicted molar refractivity (Wildman–Crippen MR) is 121 cm³/mol. The number of nitrogens with zero attached hydrogens (tertiary/aromatic N) is 2. The molecule has 1 aromatic heterocycles. The van der Waals surface area contributed by atoms with Gasteiger partial charge in [0.05, 0.1) is 31.3 Å². The molecule has 7 heteroatoms. The van der Waals surface area contributed by atoms with Crippen molar-refractivity contribution < 1.29 is 14.3 Å². The molecule has 1 heterocycles. The second-order valence-corrected chi connectivity index (χ2v) is 6.80. The number of benzene rings is 3. The second-order valence-electron chi connectivity index (χ2n) is 6.80. The van der Waals surface area contributed by atoms with Crippen LogP contribution in [0.4, 0.5) is 11.5 Å². The molecule has 1 amide bonds. The van der Waals surface area contributed by atoms with Gasteiger partial charge in [-0.1, -0.05) is 12.1 Å². The number of para-hydroxylation sites is 2. The summed E-state index contributed by atoms with van der Waals surface area (Å²) in [6.07, 6.45) is 0. The summed E-state index contributed by atoms with van der Waals surface area (Å²) in [6.45, 7) is 0. The van der Waals surface area contributed by atoms with E-state index in [0.717, 1.165) is 22.7 Å². The molecule has 4 rings (SSSR count). The summed E-state index contributed by atoms with van der Waals surface area (Å²) in [4.78, 5) is 12.6. The van der Waals surface area contributed by atoms with Crippen LogP contribution in [-0.2, 0) is 0 Å². The largest absolute Gasteiger partial charge is 0.497 e. The van der Waals surface area contributed by atoms with Gasteiger partial charge in [-0.2, -0.15) is 5.10 Å². The van der Waals surface area contributed by atoms with Crippen molar-refractivity contribution >= 4 is 17.4 Å². The van der Waals surface area contributed by atoms with E-state index in [4.69, 9.17) is 15.2 Å². The zero-order chi connectivity index (χ0) is 21.8. The Morgan fingerprint density at radius 3 is 2.32 bits per heavy atom. The fourth-order valence-electron chi connectivity index (χ4n) is 3.20. The summed E-state index contributed by atoms with van der Waals surface area (Å²) in [5.41, 5.74) is 9.74. The van der Waals surface area contributed by atoms with E-state index in [2.05, 4.69) is 10.4 Å². The highest BCUT2D eigenvalue weighted by Crippen LogP contribution is 2.26. The Balaban J connectivity index is 1.54. The van der Waals surface area contributed by atoms with Crippen LogP contribution in [0.25, 0.3) is 16.9 Å². The lowest BCUT2D eigenvalue weighted by atomic mass is 10.1. The third kappa shape index (κ3) is 4.20. The van der Waals surface area contributed by atoms with Crippen molar-refractivity contribution in [3.8, 4) is 28.4 Å². The van der Waals surface area contributed by atoms with Crippen molar-refractivity contribution in [2.45, 2.75) is 0 Å². The molecule has 0 radical (unpaired) electrons. The maximum absolute atomic E-state index is 12.6. The van der Waals surface area contributed by atoms with Gasteiger partial charge in [0.25, 0.3) is 5.91 Å². The molecule has 0 unspecified atom stereocenters. The zero-order valence-electron chi connectivity index (χ0n) is 17.2. The first-order valence-corrected chi connectivity index (χ1v) is 9.64. The van der Waals surface area contributed by atoms with E-state index in [1.165, 1.54) is 0 Å². The summed E-state index contributed by atoms with van der Waals surface area (Å²) in [5, 5.41) is 7.47. The maximum atomic E-state index is 12.6. The highest BCUT2D eigenvalue weighted by molar-refractivity contribution is 6.05. The molecular formula is C24H22N4O3. The standard InChI is InChI=1S/C24H22N4O3/c1-30-19-13-9-16(10-14-19)21-15-23(25)28(27-21)18-11-7-17(8-12-18)24(29)26-20-5-3-4-6-22(20)31-2/h3-15H,25H2,1-2H3,(H,26,29). The molecule has 0 aliphatic carbocycles. The van der Waals surface area contributed by atoms with Gasteiger partial charge in [-0.3, -0.25) is 4.79 Å². The molecule has 3 aromatic carbocycles. The number of hydrogen-bond donors (Lipinski definition) is 2. The van der Waals surface area contributed by atoms with Gasteiger partial charge < -0.3 is 20.5 Å². The van der Waals surface area contributed by atoms with Crippen molar-refractivity contribution in [3.63, 3.8) is 0 Å². The maximum Gasteiger partial charge on any atom is 0.255 e. The van der Waals surface area contributed by atoms with E-state index in [9.17, 15) is 4.79 Å². The Morgan fingerprint density at radius 1 is 0.935 bits per heavy atom. The minimum absolute atomic E-state index is 0.233. The topological polar surface area (TPSA) is 91.4 Å². The van der Waals surface area contributed by atoms with E-state index in [-0.39, 0.29) is 5.91 Å². The van der Waals surface area contributed by atoms with Crippen LogP contribution in [0, 0.1) is 0 Å². The number of anilines is 2. The molecule has 4 aromatic rings. The molecule has 0 fully saturated rings. The van der Waals surface area contributed by atoms with E-state index >= 15 is 0 Å². The van der Waals surface area contributed by atoms with E-state index in [0.29, 0.717) is 22.8 Å². The van der Waals surface area contributed by atoms with Crippen LogP contribution in [0.15, 0.2) is 78.9 Å². The third-order valence-electron chi connectivity index (χ3n) is 4.85. The van der Waals surface area contributed by atoms with Gasteiger partial charge in [0.15, 0.2) is 0 Å². The summed E-state index contributed by atoms with van der Waals surface area (Å²) >= 11 is 0. The second kappa shape index (κ2) is 8.62. The molecule has 0 bridgehead atoms. The Hall–Kier alpha value is -4.26. The van der Waals surface area contributed by atoms with Crippen molar-refractivity contribution in [2.75, 3.05) is 25.3 Å². The first-order chi connectivity index (χ1) is 15.1. The molecule has 0 spiro atoms. The molecule has 31 heavy (non-hydrogen) atoms. The van der Waals surface area contributed by atoms with Crippen LogP contribution in [0.3, 0.4) is 0 Å². The van der Waals surface area contributed by atoms with Crippen LogP contribution in [0.1, 0.15) is 10.4 Å². The molecule has 0 aliphatic heterocycles. The number of methoxy groups -OCH3 is 2. The average Bonchev–Trinajstić information content (AvgIpc) is 3.21. The zero-order valence-corrected chi connectivity index (χ0v) is 17.2. The number of carbonyl (C=O) groups is 1. The fourth-order valence-corrected chi connectivity index (χ4v) is 3.20. The smallest absolute Gasteiger partial charge is 0.255 e. The van der Waals surface area contributed by atoms with E-state index in [1.54, 1.807) is 55.3 Å². The third-order valence-corrected chi connectivity index (χ3v) is 4.85. The number of nitrogens with two attached hydrogens (primary N) is 1. The lowest BCUT2D eigenvalue weighted by Crippen LogP contribution is -2.12. The molecule has 156 valence electrons. The number of carbonyl (C=O) groups excluding carboxylic acids is 1. The summed E-state index contributed by atoms with van der Waals surface area (Å²) in [5.74, 6) is 1.64. The first-order valence-electron chi connectivity index (χ1n) is 9.64. The monoisotopic (exact) mass is 414 g/mol. The van der Waals surface area contributed by atoms with Crippen LogP contribution in [0.5, 0.6) is 11.5 Å². The van der Waals surface area contributed by atoms with Gasteiger partial charge in [-0.05, 0) is 60.7 Å². The van der Waals surface area contributed by atoms with Crippen LogP contribution < -0.4 is 20.5 Å². The quantitative estimate of drug-likeness (QED) is 0.488. The first kappa shape index (κ1) is 20.0. The lowest BCUT2D eigenvalue weighted by Gasteiger charge is -2.10. The Labute approximate surface area is 180 Å². The number of ether oxygens (including phenoxy) is 2. The summed E-state index contributed by atoms with van der Waals surface area (Å²) < 4.78 is 12.1. The predicted octanol–water partition coefficient (Wildman–Crippen LogP) is 4.39. The Morgan fingerprint density at radius 2 is 1.65 bits per heavy atom. The number of nitrogens with one attached hydrogen (secondary N) is 1. The van der Waals surface area contributed by atoms with Gasteiger partial charge in [0.2, 0.25) is 0 Å².